The Balaban J connectivity index is 3.71. The van der Waals surface area contributed by atoms with Gasteiger partial charge in [-0.05, 0) is 12.8 Å². The quantitative estimate of drug-likeness (QED) is 0.593. The van der Waals surface area contributed by atoms with Gasteiger partial charge in [0.25, 0.3) is 0 Å². The third-order valence-corrected chi connectivity index (χ3v) is 1.22. The molecule has 0 aromatic carbocycles. The van der Waals surface area contributed by atoms with E-state index in [0.717, 1.165) is 0 Å². The van der Waals surface area contributed by atoms with E-state index in [4.69, 9.17) is 5.73 Å². The van der Waals surface area contributed by atoms with Crippen LogP contribution in [0.1, 0.15) is 20.8 Å². The van der Waals surface area contributed by atoms with Crippen molar-refractivity contribution < 1.29 is 9.53 Å². The zero-order valence-electron chi connectivity index (χ0n) is 6.63. The van der Waals surface area contributed by atoms with Crippen LogP contribution in [0.25, 0.3) is 0 Å². The van der Waals surface area contributed by atoms with Crippen LogP contribution in [-0.2, 0) is 9.53 Å². The Morgan fingerprint density at radius 3 is 2.40 bits per heavy atom. The number of carbonyl (C=O) groups is 1. The van der Waals surface area contributed by atoms with E-state index in [0.29, 0.717) is 0 Å². The lowest BCUT2D eigenvalue weighted by atomic mass is 10.1. The molecule has 0 aliphatic rings. The van der Waals surface area contributed by atoms with Crippen molar-refractivity contribution in [3.8, 4) is 0 Å². The number of ether oxygens (including phenoxy) is 1. The summed E-state index contributed by atoms with van der Waals surface area (Å²) in [5.41, 5.74) is 5.45. The second-order valence-electron chi connectivity index (χ2n) is 2.44. The smallest absolute Gasteiger partial charge is 0.323 e. The highest BCUT2D eigenvalue weighted by Gasteiger charge is 2.17. The molecule has 0 amide bonds. The summed E-state index contributed by atoms with van der Waals surface area (Å²) in [5.74, 6) is -0.232. The van der Waals surface area contributed by atoms with E-state index >= 15 is 0 Å². The molecule has 0 saturated heterocycles. The van der Waals surface area contributed by atoms with E-state index < -0.39 is 6.04 Å². The van der Waals surface area contributed by atoms with Crippen molar-refractivity contribution in [1.82, 2.24) is 0 Å². The van der Waals surface area contributed by atoms with Crippen LogP contribution in [0.4, 0.5) is 0 Å². The van der Waals surface area contributed by atoms with E-state index in [1.807, 2.05) is 13.8 Å². The summed E-state index contributed by atoms with van der Waals surface area (Å²) in [6.07, 6.45) is 0. The first-order valence-electron chi connectivity index (χ1n) is 3.33. The zero-order valence-corrected chi connectivity index (χ0v) is 6.63. The summed E-state index contributed by atoms with van der Waals surface area (Å²) in [4.78, 5) is 10.8. The van der Waals surface area contributed by atoms with Crippen LogP contribution in [0.5, 0.6) is 0 Å². The number of hydrogen-bond acceptors (Lipinski definition) is 3. The van der Waals surface area contributed by atoms with Crippen LogP contribution in [-0.4, -0.2) is 12.0 Å². The number of nitrogens with two attached hydrogens (primary N) is 1. The largest absolute Gasteiger partial charge is 0.458 e. The van der Waals surface area contributed by atoms with Gasteiger partial charge in [0.05, 0.1) is 0 Å². The van der Waals surface area contributed by atoms with Crippen molar-refractivity contribution in [2.24, 2.45) is 11.7 Å². The van der Waals surface area contributed by atoms with Crippen LogP contribution in [0.3, 0.4) is 0 Å². The van der Waals surface area contributed by atoms with E-state index in [1.54, 1.807) is 6.92 Å². The Kier molecular flexibility index (Phi) is 4.03. The van der Waals surface area contributed by atoms with Gasteiger partial charge in [0.15, 0.2) is 0 Å². The molecule has 0 spiro atoms. The topological polar surface area (TPSA) is 52.3 Å². The van der Waals surface area contributed by atoms with Gasteiger partial charge < -0.3 is 10.5 Å². The summed E-state index contributed by atoms with van der Waals surface area (Å²) in [5, 5.41) is 0. The molecule has 0 fully saturated rings. The van der Waals surface area contributed by atoms with Gasteiger partial charge in [-0.1, -0.05) is 13.8 Å². The van der Waals surface area contributed by atoms with Crippen molar-refractivity contribution in [3.63, 3.8) is 0 Å². The number of rotatable bonds is 3. The molecule has 1 atom stereocenters. The van der Waals surface area contributed by atoms with Crippen LogP contribution in [0.15, 0.2) is 0 Å². The first-order chi connectivity index (χ1) is 4.59. The molecule has 1 radical (unpaired) electrons. The average Bonchev–Trinajstić information content (AvgIpc) is 1.87. The van der Waals surface area contributed by atoms with Crippen LogP contribution in [0, 0.1) is 12.5 Å². The lowest BCUT2D eigenvalue weighted by Crippen LogP contribution is -2.36. The summed E-state index contributed by atoms with van der Waals surface area (Å²) in [7, 11) is 0. The van der Waals surface area contributed by atoms with Gasteiger partial charge in [-0.2, -0.15) is 0 Å². The molecule has 0 aliphatic carbocycles. The summed E-state index contributed by atoms with van der Waals surface area (Å²) in [6, 6.07) is -0.504. The Bertz CT molecular complexity index is 112. The Labute approximate surface area is 61.5 Å². The monoisotopic (exact) mass is 144 g/mol. The highest BCUT2D eigenvalue weighted by molar-refractivity contribution is 5.76. The lowest BCUT2D eigenvalue weighted by molar-refractivity contribution is -0.142. The minimum atomic E-state index is -0.504. The molecule has 2 N–H and O–H groups in total. The molecule has 0 heterocycles. The van der Waals surface area contributed by atoms with Gasteiger partial charge in [0.2, 0.25) is 0 Å². The van der Waals surface area contributed by atoms with E-state index in [1.165, 1.54) is 6.61 Å². The number of hydrogen-bond donors (Lipinski definition) is 1. The molecule has 0 saturated carbocycles. The SMILES string of the molecule is C[CH]OC(=O)[C@@H](N)C(C)C. The van der Waals surface area contributed by atoms with Crippen LogP contribution in [0.2, 0.25) is 0 Å². The predicted molar refractivity (Wildman–Crippen MR) is 38.9 cm³/mol. The minimum Gasteiger partial charge on any atom is -0.458 e. The minimum absolute atomic E-state index is 0.132. The maximum absolute atomic E-state index is 10.8. The molecule has 3 heteroatoms. The Morgan fingerprint density at radius 2 is 2.10 bits per heavy atom. The summed E-state index contributed by atoms with van der Waals surface area (Å²) in [6.45, 7) is 6.73. The van der Waals surface area contributed by atoms with Crippen molar-refractivity contribution in [3.05, 3.63) is 6.61 Å². The third kappa shape index (κ3) is 2.82. The third-order valence-electron chi connectivity index (χ3n) is 1.22. The molecule has 3 nitrogen and oxygen atoms in total. The molecule has 0 bridgehead atoms. The fraction of sp³-hybridized carbons (Fsp3) is 0.714. The molecule has 0 aromatic rings. The average molecular weight is 144 g/mol. The highest BCUT2D eigenvalue weighted by atomic mass is 16.5. The van der Waals surface area contributed by atoms with Crippen molar-refractivity contribution in [1.29, 1.82) is 0 Å². The molecular weight excluding hydrogens is 130 g/mol. The van der Waals surface area contributed by atoms with Crippen molar-refractivity contribution >= 4 is 5.97 Å². The van der Waals surface area contributed by atoms with E-state index in [-0.39, 0.29) is 11.9 Å². The lowest BCUT2D eigenvalue weighted by Gasteiger charge is -2.12. The maximum atomic E-state index is 10.8. The standard InChI is InChI=1S/C7H14NO2/c1-4-10-7(9)6(8)5(2)3/h4-6H,8H2,1-3H3/t6-/m0/s1. The maximum Gasteiger partial charge on any atom is 0.323 e. The number of esters is 1. The van der Waals surface area contributed by atoms with E-state index in [2.05, 4.69) is 4.74 Å². The Morgan fingerprint density at radius 1 is 1.60 bits per heavy atom. The molecule has 10 heavy (non-hydrogen) atoms. The van der Waals surface area contributed by atoms with E-state index in [9.17, 15) is 4.79 Å². The van der Waals surface area contributed by atoms with Gasteiger partial charge in [-0.15, -0.1) is 0 Å². The fourth-order valence-corrected chi connectivity index (χ4v) is 0.467. The molecule has 59 valence electrons. The zero-order chi connectivity index (χ0) is 8.15. The van der Waals surface area contributed by atoms with Crippen LogP contribution < -0.4 is 5.73 Å². The highest BCUT2D eigenvalue weighted by Crippen LogP contribution is 2.00. The summed E-state index contributed by atoms with van der Waals surface area (Å²) < 4.78 is 4.58. The first-order valence-corrected chi connectivity index (χ1v) is 3.33. The van der Waals surface area contributed by atoms with Crippen molar-refractivity contribution in [2.45, 2.75) is 26.8 Å². The van der Waals surface area contributed by atoms with Gasteiger partial charge in [-0.3, -0.25) is 4.79 Å². The van der Waals surface area contributed by atoms with Gasteiger partial charge in [0.1, 0.15) is 12.6 Å². The number of carbonyl (C=O) groups excluding carboxylic acids is 1. The predicted octanol–water partition coefficient (Wildman–Crippen LogP) is 0.695. The second-order valence-corrected chi connectivity index (χ2v) is 2.44. The van der Waals surface area contributed by atoms with Gasteiger partial charge >= 0.3 is 5.97 Å². The Hall–Kier alpha value is -0.570. The normalized spacial score (nSPS) is 13.3. The molecular formula is C7H14NO2. The summed E-state index contributed by atoms with van der Waals surface area (Å²) >= 11 is 0. The van der Waals surface area contributed by atoms with Crippen LogP contribution >= 0.6 is 0 Å². The molecule has 0 rings (SSSR count). The first kappa shape index (κ1) is 9.43. The van der Waals surface area contributed by atoms with Gasteiger partial charge in [-0.25, -0.2) is 0 Å². The second kappa shape index (κ2) is 4.28. The molecule has 0 unspecified atom stereocenters. The molecule has 0 aromatic heterocycles. The van der Waals surface area contributed by atoms with Crippen molar-refractivity contribution in [2.75, 3.05) is 0 Å². The van der Waals surface area contributed by atoms with Gasteiger partial charge in [0, 0.05) is 0 Å². The molecule has 0 aliphatic heterocycles. The fourth-order valence-electron chi connectivity index (χ4n) is 0.467.